The summed E-state index contributed by atoms with van der Waals surface area (Å²) in [6.07, 6.45) is 2.40. The molecule has 0 radical (unpaired) electrons. The van der Waals surface area contributed by atoms with Gasteiger partial charge in [-0.25, -0.2) is 4.98 Å². The van der Waals surface area contributed by atoms with Gasteiger partial charge in [-0.3, -0.25) is 9.59 Å². The van der Waals surface area contributed by atoms with Crippen LogP contribution in [0.4, 0.5) is 0 Å². The van der Waals surface area contributed by atoms with Gasteiger partial charge in [-0.1, -0.05) is 18.2 Å². The minimum atomic E-state index is -0.318. The Morgan fingerprint density at radius 2 is 2.29 bits per heavy atom. The van der Waals surface area contributed by atoms with E-state index in [4.69, 9.17) is 0 Å². The zero-order valence-corrected chi connectivity index (χ0v) is 14.7. The molecule has 0 aliphatic carbocycles. The van der Waals surface area contributed by atoms with Gasteiger partial charge < -0.3 is 10.2 Å². The van der Waals surface area contributed by atoms with Crippen molar-refractivity contribution in [1.29, 1.82) is 0 Å². The van der Waals surface area contributed by atoms with Crippen molar-refractivity contribution >= 4 is 23.7 Å². The van der Waals surface area contributed by atoms with E-state index in [9.17, 15) is 9.59 Å². The van der Waals surface area contributed by atoms with Crippen molar-refractivity contribution in [2.75, 3.05) is 6.54 Å². The van der Waals surface area contributed by atoms with Crippen molar-refractivity contribution < 1.29 is 9.59 Å². The molecule has 1 aromatic heterocycles. The fraction of sp³-hybridized carbons (Fsp3) is 0.389. The van der Waals surface area contributed by atoms with Gasteiger partial charge in [-0.2, -0.15) is 0 Å². The quantitative estimate of drug-likeness (QED) is 0.849. The molecule has 1 aliphatic rings. The molecule has 1 atom stereocenters. The highest BCUT2D eigenvalue weighted by molar-refractivity contribution is 7.13. The van der Waals surface area contributed by atoms with Gasteiger partial charge in [-0.15, -0.1) is 11.3 Å². The number of carbonyl (C=O) groups excluding carboxylic acids is 2. The Bertz CT molecular complexity index is 756. The third-order valence-corrected chi connectivity index (χ3v) is 5.51. The summed E-state index contributed by atoms with van der Waals surface area (Å²) in [4.78, 5) is 30.3. The van der Waals surface area contributed by atoms with E-state index < -0.39 is 0 Å². The zero-order valence-electron chi connectivity index (χ0n) is 13.9. The number of benzene rings is 1. The first-order valence-corrected chi connectivity index (χ1v) is 8.97. The van der Waals surface area contributed by atoms with Crippen molar-refractivity contribution in [2.45, 2.75) is 39.3 Å². The second-order valence-electron chi connectivity index (χ2n) is 6.13. The molecule has 24 heavy (non-hydrogen) atoms. The normalized spacial score (nSPS) is 17.1. The fourth-order valence-corrected chi connectivity index (χ4v) is 3.91. The summed E-state index contributed by atoms with van der Waals surface area (Å²) in [5.74, 6) is -0.0682. The minimum absolute atomic E-state index is 0.0682. The standard InChI is InChI=1S/C18H21N3O2S/c1-12-8-14(17-13(2)20-10-24-17)5-6-15(12)9-19-18(23)16-4-3-7-21(16)11-22/h5-6,8,10-11,16H,3-4,7,9H2,1-2H3,(H,19,23). The van der Waals surface area contributed by atoms with Gasteiger partial charge in [0, 0.05) is 13.1 Å². The number of aromatic nitrogens is 1. The molecular weight excluding hydrogens is 322 g/mol. The molecule has 1 fully saturated rings. The Kier molecular flexibility index (Phi) is 4.94. The van der Waals surface area contributed by atoms with E-state index >= 15 is 0 Å². The molecule has 1 aromatic carbocycles. The first-order chi connectivity index (χ1) is 11.6. The molecule has 0 spiro atoms. The molecule has 2 amide bonds. The summed E-state index contributed by atoms with van der Waals surface area (Å²) in [5, 5.41) is 2.96. The van der Waals surface area contributed by atoms with Crippen LogP contribution in [-0.4, -0.2) is 34.8 Å². The summed E-state index contributed by atoms with van der Waals surface area (Å²) in [6, 6.07) is 5.94. The van der Waals surface area contributed by atoms with Crippen molar-refractivity contribution in [1.82, 2.24) is 15.2 Å². The van der Waals surface area contributed by atoms with E-state index in [1.807, 2.05) is 12.4 Å². The Hall–Kier alpha value is -2.21. The maximum Gasteiger partial charge on any atom is 0.243 e. The summed E-state index contributed by atoms with van der Waals surface area (Å²) in [5.41, 5.74) is 6.28. The van der Waals surface area contributed by atoms with Crippen LogP contribution >= 0.6 is 11.3 Å². The Labute approximate surface area is 145 Å². The smallest absolute Gasteiger partial charge is 0.243 e. The largest absolute Gasteiger partial charge is 0.350 e. The van der Waals surface area contributed by atoms with Gasteiger partial charge in [-0.05, 0) is 43.4 Å². The summed E-state index contributed by atoms with van der Waals surface area (Å²) < 4.78 is 0. The van der Waals surface area contributed by atoms with Crippen molar-refractivity contribution in [2.24, 2.45) is 0 Å². The SMILES string of the molecule is Cc1cc(-c2scnc2C)ccc1CNC(=O)C1CCCN1C=O. The van der Waals surface area contributed by atoms with E-state index in [0.717, 1.165) is 41.6 Å². The van der Waals surface area contributed by atoms with E-state index in [1.165, 1.54) is 4.88 Å². The number of nitrogens with one attached hydrogen (secondary N) is 1. The van der Waals surface area contributed by atoms with Crippen molar-refractivity contribution in [3.05, 3.63) is 40.5 Å². The average molecular weight is 343 g/mol. The Morgan fingerprint density at radius 3 is 2.96 bits per heavy atom. The molecule has 126 valence electrons. The molecule has 2 heterocycles. The van der Waals surface area contributed by atoms with E-state index in [2.05, 4.69) is 35.4 Å². The minimum Gasteiger partial charge on any atom is -0.350 e. The van der Waals surface area contributed by atoms with Crippen LogP contribution in [0.5, 0.6) is 0 Å². The van der Waals surface area contributed by atoms with E-state index in [0.29, 0.717) is 13.1 Å². The highest BCUT2D eigenvalue weighted by atomic mass is 32.1. The predicted molar refractivity (Wildman–Crippen MR) is 94.7 cm³/mol. The maximum absolute atomic E-state index is 12.3. The second-order valence-corrected chi connectivity index (χ2v) is 6.98. The van der Waals surface area contributed by atoms with E-state index in [1.54, 1.807) is 16.2 Å². The number of hydrogen-bond acceptors (Lipinski definition) is 4. The predicted octanol–water partition coefficient (Wildman–Crippen LogP) is 2.66. The molecule has 1 saturated heterocycles. The van der Waals surface area contributed by atoms with Gasteiger partial charge in [0.25, 0.3) is 0 Å². The number of amides is 2. The number of aryl methyl sites for hydroxylation is 2. The van der Waals surface area contributed by atoms with Crippen LogP contribution < -0.4 is 5.32 Å². The fourth-order valence-electron chi connectivity index (χ4n) is 3.11. The first kappa shape index (κ1) is 16.6. The number of thiazole rings is 1. The van der Waals surface area contributed by atoms with Crippen molar-refractivity contribution in [3.63, 3.8) is 0 Å². The lowest BCUT2D eigenvalue weighted by atomic mass is 10.0. The highest BCUT2D eigenvalue weighted by Gasteiger charge is 2.29. The number of rotatable bonds is 5. The molecule has 0 saturated carbocycles. The molecular formula is C18H21N3O2S. The number of nitrogens with zero attached hydrogens (tertiary/aromatic N) is 2. The van der Waals surface area contributed by atoms with E-state index in [-0.39, 0.29) is 11.9 Å². The molecule has 2 aromatic rings. The van der Waals surface area contributed by atoms with Crippen LogP contribution in [-0.2, 0) is 16.1 Å². The van der Waals surface area contributed by atoms with Gasteiger partial charge in [0.15, 0.2) is 0 Å². The Balaban J connectivity index is 1.67. The topological polar surface area (TPSA) is 62.3 Å². The summed E-state index contributed by atoms with van der Waals surface area (Å²) in [7, 11) is 0. The van der Waals surface area contributed by atoms with Gasteiger partial charge >= 0.3 is 0 Å². The molecule has 0 bridgehead atoms. The van der Waals surface area contributed by atoms with Gasteiger partial charge in [0.05, 0.1) is 16.1 Å². The molecule has 5 nitrogen and oxygen atoms in total. The van der Waals surface area contributed by atoms with Gasteiger partial charge in [0.1, 0.15) is 6.04 Å². The number of likely N-dealkylation sites (tertiary alicyclic amines) is 1. The monoisotopic (exact) mass is 343 g/mol. The van der Waals surface area contributed by atoms with Crippen LogP contribution in [0, 0.1) is 13.8 Å². The Morgan fingerprint density at radius 1 is 1.46 bits per heavy atom. The lowest BCUT2D eigenvalue weighted by Gasteiger charge is -2.19. The lowest BCUT2D eigenvalue weighted by molar-refractivity contribution is -0.131. The lowest BCUT2D eigenvalue weighted by Crippen LogP contribution is -2.42. The van der Waals surface area contributed by atoms with Crippen LogP contribution in [0.1, 0.15) is 29.7 Å². The first-order valence-electron chi connectivity index (χ1n) is 8.09. The second kappa shape index (κ2) is 7.13. The third kappa shape index (κ3) is 3.33. The van der Waals surface area contributed by atoms with Crippen LogP contribution in [0.25, 0.3) is 10.4 Å². The van der Waals surface area contributed by atoms with Crippen molar-refractivity contribution in [3.8, 4) is 10.4 Å². The molecule has 1 unspecified atom stereocenters. The molecule has 6 heteroatoms. The molecule has 1 N–H and O–H groups in total. The average Bonchev–Trinajstić information content (AvgIpc) is 3.21. The number of hydrogen-bond donors (Lipinski definition) is 1. The highest BCUT2D eigenvalue weighted by Crippen LogP contribution is 2.28. The van der Waals surface area contributed by atoms with Crippen LogP contribution in [0.15, 0.2) is 23.7 Å². The maximum atomic E-state index is 12.3. The zero-order chi connectivity index (χ0) is 17.1. The number of carbonyl (C=O) groups is 2. The summed E-state index contributed by atoms with van der Waals surface area (Å²) in [6.45, 7) is 5.21. The van der Waals surface area contributed by atoms with Crippen LogP contribution in [0.3, 0.4) is 0 Å². The van der Waals surface area contributed by atoms with Gasteiger partial charge in [0.2, 0.25) is 12.3 Å². The van der Waals surface area contributed by atoms with Crippen LogP contribution in [0.2, 0.25) is 0 Å². The summed E-state index contributed by atoms with van der Waals surface area (Å²) >= 11 is 1.64. The third-order valence-electron chi connectivity index (χ3n) is 4.54. The molecule has 3 rings (SSSR count). The molecule has 1 aliphatic heterocycles.